The van der Waals surface area contributed by atoms with Crippen LogP contribution in [-0.2, 0) is 11.3 Å². The number of aryl methyl sites for hydroxylation is 2. The SMILES string of the molecule is C=C(OCC)c1c(-c2ccc(C)cc2)c2c(N)ncnc2n1CCCC. The molecule has 5 heteroatoms. The molecule has 2 heterocycles. The Balaban J connectivity index is 2.36. The molecule has 26 heavy (non-hydrogen) atoms. The Morgan fingerprint density at radius 2 is 1.92 bits per heavy atom. The molecule has 136 valence electrons. The van der Waals surface area contributed by atoms with Crippen molar-refractivity contribution in [2.75, 3.05) is 12.3 Å². The molecule has 1 aromatic carbocycles. The molecule has 0 spiro atoms. The van der Waals surface area contributed by atoms with Crippen molar-refractivity contribution in [1.82, 2.24) is 14.5 Å². The van der Waals surface area contributed by atoms with Crippen molar-refractivity contribution in [2.24, 2.45) is 0 Å². The molecule has 0 aliphatic heterocycles. The summed E-state index contributed by atoms with van der Waals surface area (Å²) in [4.78, 5) is 8.77. The Kier molecular flexibility index (Phi) is 5.26. The van der Waals surface area contributed by atoms with Crippen LogP contribution in [0.1, 0.15) is 37.9 Å². The van der Waals surface area contributed by atoms with Gasteiger partial charge in [0.2, 0.25) is 0 Å². The highest BCUT2D eigenvalue weighted by Crippen LogP contribution is 2.40. The van der Waals surface area contributed by atoms with Crippen LogP contribution in [0.4, 0.5) is 5.82 Å². The second kappa shape index (κ2) is 7.60. The molecule has 0 aliphatic rings. The fourth-order valence-corrected chi connectivity index (χ4v) is 3.26. The molecule has 0 radical (unpaired) electrons. The maximum atomic E-state index is 6.27. The maximum absolute atomic E-state index is 6.27. The van der Waals surface area contributed by atoms with Gasteiger partial charge in [-0.2, -0.15) is 0 Å². The van der Waals surface area contributed by atoms with Gasteiger partial charge in [0.25, 0.3) is 0 Å². The van der Waals surface area contributed by atoms with Crippen molar-refractivity contribution in [3.8, 4) is 11.1 Å². The van der Waals surface area contributed by atoms with E-state index in [0.29, 0.717) is 18.2 Å². The third-order valence-electron chi connectivity index (χ3n) is 4.53. The number of anilines is 1. The molecule has 3 aromatic rings. The third kappa shape index (κ3) is 3.17. The number of ether oxygens (including phenoxy) is 1. The quantitative estimate of drug-likeness (QED) is 0.622. The van der Waals surface area contributed by atoms with E-state index in [4.69, 9.17) is 10.5 Å². The van der Waals surface area contributed by atoms with Crippen molar-refractivity contribution in [1.29, 1.82) is 0 Å². The lowest BCUT2D eigenvalue weighted by Crippen LogP contribution is -2.06. The van der Waals surface area contributed by atoms with Gasteiger partial charge < -0.3 is 15.0 Å². The van der Waals surface area contributed by atoms with Gasteiger partial charge in [-0.25, -0.2) is 9.97 Å². The van der Waals surface area contributed by atoms with Crippen LogP contribution in [0.5, 0.6) is 0 Å². The number of hydrogen-bond acceptors (Lipinski definition) is 4. The van der Waals surface area contributed by atoms with Crippen LogP contribution in [0.15, 0.2) is 37.2 Å². The van der Waals surface area contributed by atoms with Crippen molar-refractivity contribution >= 4 is 22.6 Å². The van der Waals surface area contributed by atoms with Crippen LogP contribution in [0.25, 0.3) is 27.9 Å². The van der Waals surface area contributed by atoms with E-state index in [1.54, 1.807) is 0 Å². The van der Waals surface area contributed by atoms with Crippen LogP contribution < -0.4 is 5.73 Å². The summed E-state index contributed by atoms with van der Waals surface area (Å²) in [6, 6.07) is 8.39. The van der Waals surface area contributed by atoms with Crippen LogP contribution in [0.2, 0.25) is 0 Å². The summed E-state index contributed by atoms with van der Waals surface area (Å²) in [5, 5.41) is 0.864. The molecule has 0 bridgehead atoms. The Morgan fingerprint density at radius 3 is 2.58 bits per heavy atom. The largest absolute Gasteiger partial charge is 0.492 e. The fourth-order valence-electron chi connectivity index (χ4n) is 3.26. The molecule has 0 saturated carbocycles. The average molecular weight is 350 g/mol. The van der Waals surface area contributed by atoms with Crippen LogP contribution >= 0.6 is 0 Å². The Labute approximate surface area is 154 Å². The number of nitrogen functional groups attached to an aromatic ring is 1. The maximum Gasteiger partial charge on any atom is 0.146 e. The molecule has 2 aromatic heterocycles. The molecule has 5 nitrogen and oxygen atoms in total. The van der Waals surface area contributed by atoms with Gasteiger partial charge in [0, 0.05) is 12.1 Å². The number of rotatable bonds is 7. The number of nitrogens with zero attached hydrogens (tertiary/aromatic N) is 3. The Morgan fingerprint density at radius 1 is 1.19 bits per heavy atom. The minimum Gasteiger partial charge on any atom is -0.492 e. The minimum atomic E-state index is 0.478. The van der Waals surface area contributed by atoms with Crippen molar-refractivity contribution < 1.29 is 4.74 Å². The van der Waals surface area contributed by atoms with Crippen LogP contribution in [-0.4, -0.2) is 21.1 Å². The van der Waals surface area contributed by atoms with E-state index in [2.05, 4.69) is 59.2 Å². The number of fused-ring (bicyclic) bond motifs is 1. The van der Waals surface area contributed by atoms with Gasteiger partial charge in [0.15, 0.2) is 0 Å². The summed E-state index contributed by atoms with van der Waals surface area (Å²) >= 11 is 0. The van der Waals surface area contributed by atoms with E-state index in [1.165, 1.54) is 11.9 Å². The Bertz CT molecular complexity index is 925. The lowest BCUT2D eigenvalue weighted by atomic mass is 10.0. The predicted molar refractivity (Wildman–Crippen MR) is 108 cm³/mol. The van der Waals surface area contributed by atoms with Crippen LogP contribution in [0.3, 0.4) is 0 Å². The number of nitrogens with two attached hydrogens (primary N) is 1. The first-order valence-corrected chi connectivity index (χ1v) is 9.10. The van der Waals surface area contributed by atoms with Gasteiger partial charge in [-0.05, 0) is 25.8 Å². The van der Waals surface area contributed by atoms with E-state index in [-0.39, 0.29) is 0 Å². The summed E-state index contributed by atoms with van der Waals surface area (Å²) in [5.41, 5.74) is 11.3. The van der Waals surface area contributed by atoms with E-state index in [9.17, 15) is 0 Å². The van der Waals surface area contributed by atoms with E-state index in [0.717, 1.165) is 47.2 Å². The monoisotopic (exact) mass is 350 g/mol. The summed E-state index contributed by atoms with van der Waals surface area (Å²) in [5.74, 6) is 1.11. The number of aromatic nitrogens is 3. The predicted octanol–water partition coefficient (Wildman–Crippen LogP) is 4.80. The molecule has 0 saturated heterocycles. The number of hydrogen-bond donors (Lipinski definition) is 1. The second-order valence-electron chi connectivity index (χ2n) is 6.41. The molecule has 0 fully saturated rings. The zero-order valence-corrected chi connectivity index (χ0v) is 15.7. The van der Waals surface area contributed by atoms with Gasteiger partial charge in [-0.15, -0.1) is 0 Å². The van der Waals surface area contributed by atoms with Crippen molar-refractivity contribution in [3.05, 3.63) is 48.4 Å². The second-order valence-corrected chi connectivity index (χ2v) is 6.41. The topological polar surface area (TPSA) is 66.0 Å². The summed E-state index contributed by atoms with van der Waals surface area (Å²) < 4.78 is 7.97. The highest BCUT2D eigenvalue weighted by atomic mass is 16.5. The molecule has 0 aliphatic carbocycles. The Hall–Kier alpha value is -2.82. The molecule has 0 amide bonds. The average Bonchev–Trinajstić information content (AvgIpc) is 2.96. The minimum absolute atomic E-state index is 0.478. The molecule has 2 N–H and O–H groups in total. The molecular formula is C21H26N4O. The zero-order valence-electron chi connectivity index (χ0n) is 15.7. The van der Waals surface area contributed by atoms with Crippen molar-refractivity contribution in [3.63, 3.8) is 0 Å². The summed E-state index contributed by atoms with van der Waals surface area (Å²) in [7, 11) is 0. The highest BCUT2D eigenvalue weighted by molar-refractivity contribution is 6.05. The highest BCUT2D eigenvalue weighted by Gasteiger charge is 2.24. The first-order chi connectivity index (χ1) is 12.6. The van der Waals surface area contributed by atoms with Gasteiger partial charge in [-0.3, -0.25) is 0 Å². The van der Waals surface area contributed by atoms with Gasteiger partial charge >= 0.3 is 0 Å². The first kappa shape index (κ1) is 18.0. The smallest absolute Gasteiger partial charge is 0.146 e. The first-order valence-electron chi connectivity index (χ1n) is 9.10. The van der Waals surface area contributed by atoms with E-state index < -0.39 is 0 Å². The molecule has 0 atom stereocenters. The van der Waals surface area contributed by atoms with Gasteiger partial charge in [0.1, 0.15) is 23.6 Å². The molecular weight excluding hydrogens is 324 g/mol. The van der Waals surface area contributed by atoms with Gasteiger partial charge in [-0.1, -0.05) is 49.8 Å². The third-order valence-corrected chi connectivity index (χ3v) is 4.53. The fraction of sp³-hybridized carbons (Fsp3) is 0.333. The lowest BCUT2D eigenvalue weighted by molar-refractivity contribution is 0.296. The molecule has 3 rings (SSSR count). The standard InChI is InChI=1S/C21H26N4O/c1-5-7-12-25-19(15(4)26-6-2)17(16-10-8-14(3)9-11-16)18-20(22)23-13-24-21(18)25/h8-11,13H,4-7,12H2,1-3H3,(H2,22,23,24). The summed E-state index contributed by atoms with van der Waals surface area (Å²) in [6.07, 6.45) is 3.64. The zero-order chi connectivity index (χ0) is 18.7. The van der Waals surface area contributed by atoms with Crippen LogP contribution in [0, 0.1) is 6.92 Å². The number of unbranched alkanes of at least 4 members (excludes halogenated alkanes) is 1. The van der Waals surface area contributed by atoms with E-state index >= 15 is 0 Å². The number of benzene rings is 1. The lowest BCUT2D eigenvalue weighted by Gasteiger charge is -2.14. The normalized spacial score (nSPS) is 11.0. The molecule has 0 unspecified atom stereocenters. The van der Waals surface area contributed by atoms with Gasteiger partial charge in [0.05, 0.1) is 17.7 Å². The van der Waals surface area contributed by atoms with Crippen molar-refractivity contribution in [2.45, 2.75) is 40.2 Å². The van der Waals surface area contributed by atoms with E-state index in [1.807, 2.05) is 6.92 Å². The summed E-state index contributed by atoms with van der Waals surface area (Å²) in [6.45, 7) is 11.8.